The average molecular weight is 190 g/mol. The van der Waals surface area contributed by atoms with Crippen molar-refractivity contribution in [2.24, 2.45) is 5.73 Å². The van der Waals surface area contributed by atoms with Gasteiger partial charge < -0.3 is 11.1 Å². The van der Waals surface area contributed by atoms with Crippen LogP contribution in [-0.4, -0.2) is 19.1 Å². The molecule has 76 valence electrons. The van der Waals surface area contributed by atoms with Gasteiger partial charge >= 0.3 is 0 Å². The predicted molar refractivity (Wildman–Crippen MR) is 59.4 cm³/mol. The van der Waals surface area contributed by atoms with Gasteiger partial charge in [-0.15, -0.1) is 0 Å². The highest BCUT2D eigenvalue weighted by atomic mass is 14.9. The molecular formula is C12H18N2. The fraction of sp³-hybridized carbons (Fsp3) is 0.500. The molecule has 2 atom stereocenters. The van der Waals surface area contributed by atoms with Crippen molar-refractivity contribution in [1.29, 1.82) is 0 Å². The van der Waals surface area contributed by atoms with Crippen LogP contribution in [0.3, 0.4) is 0 Å². The topological polar surface area (TPSA) is 38.0 Å². The van der Waals surface area contributed by atoms with Crippen molar-refractivity contribution in [2.45, 2.75) is 25.3 Å². The van der Waals surface area contributed by atoms with Gasteiger partial charge in [-0.25, -0.2) is 0 Å². The zero-order valence-electron chi connectivity index (χ0n) is 8.66. The van der Waals surface area contributed by atoms with Crippen molar-refractivity contribution in [3.63, 3.8) is 0 Å². The van der Waals surface area contributed by atoms with Crippen molar-refractivity contribution >= 4 is 0 Å². The first-order valence-electron chi connectivity index (χ1n) is 5.31. The Morgan fingerprint density at radius 3 is 2.86 bits per heavy atom. The van der Waals surface area contributed by atoms with Crippen LogP contribution in [0.15, 0.2) is 24.3 Å². The molecule has 0 aromatic heterocycles. The van der Waals surface area contributed by atoms with E-state index in [1.807, 2.05) is 0 Å². The van der Waals surface area contributed by atoms with Gasteiger partial charge in [0, 0.05) is 18.5 Å². The fourth-order valence-corrected chi connectivity index (χ4v) is 2.27. The molecule has 14 heavy (non-hydrogen) atoms. The van der Waals surface area contributed by atoms with Crippen LogP contribution in [0.1, 0.15) is 23.5 Å². The highest BCUT2D eigenvalue weighted by molar-refractivity contribution is 5.30. The number of aryl methyl sites for hydroxylation is 1. The van der Waals surface area contributed by atoms with Gasteiger partial charge in [-0.05, 0) is 31.0 Å². The Balaban J connectivity index is 2.25. The zero-order chi connectivity index (χ0) is 9.97. The summed E-state index contributed by atoms with van der Waals surface area (Å²) < 4.78 is 0. The number of benzene rings is 1. The summed E-state index contributed by atoms with van der Waals surface area (Å²) in [6.07, 6.45) is 1.16. The lowest BCUT2D eigenvalue weighted by molar-refractivity contribution is 0.402. The summed E-state index contributed by atoms with van der Waals surface area (Å²) in [4.78, 5) is 0. The van der Waals surface area contributed by atoms with Crippen LogP contribution in [0, 0.1) is 6.92 Å². The van der Waals surface area contributed by atoms with Crippen LogP contribution in [0.5, 0.6) is 0 Å². The molecule has 0 aliphatic carbocycles. The number of piperidine rings is 1. The molecule has 1 fully saturated rings. The summed E-state index contributed by atoms with van der Waals surface area (Å²) in [6.45, 7) is 4.20. The lowest BCUT2D eigenvalue weighted by Gasteiger charge is -2.30. The second-order valence-electron chi connectivity index (χ2n) is 4.12. The number of rotatable bonds is 1. The van der Waals surface area contributed by atoms with Crippen LogP contribution in [0.2, 0.25) is 0 Å². The molecule has 0 amide bonds. The Morgan fingerprint density at radius 1 is 1.36 bits per heavy atom. The van der Waals surface area contributed by atoms with Crippen LogP contribution in [0.4, 0.5) is 0 Å². The van der Waals surface area contributed by atoms with E-state index in [0.717, 1.165) is 19.5 Å². The van der Waals surface area contributed by atoms with E-state index >= 15 is 0 Å². The highest BCUT2D eigenvalue weighted by Crippen LogP contribution is 2.26. The molecule has 0 spiro atoms. The van der Waals surface area contributed by atoms with Crippen molar-refractivity contribution in [2.75, 3.05) is 13.1 Å². The summed E-state index contributed by atoms with van der Waals surface area (Å²) in [5.74, 6) is 0.539. The number of hydrogen-bond donors (Lipinski definition) is 2. The second-order valence-corrected chi connectivity index (χ2v) is 4.12. The molecule has 2 nitrogen and oxygen atoms in total. The first kappa shape index (κ1) is 9.69. The van der Waals surface area contributed by atoms with E-state index in [1.54, 1.807) is 0 Å². The van der Waals surface area contributed by atoms with Gasteiger partial charge in [-0.1, -0.05) is 24.3 Å². The molecule has 1 aromatic carbocycles. The lowest BCUT2D eigenvalue weighted by atomic mass is 9.84. The Hall–Kier alpha value is -0.860. The van der Waals surface area contributed by atoms with Gasteiger partial charge in [0.15, 0.2) is 0 Å². The van der Waals surface area contributed by atoms with Crippen molar-refractivity contribution in [3.05, 3.63) is 35.4 Å². The summed E-state index contributed by atoms with van der Waals surface area (Å²) in [5, 5.41) is 3.33. The summed E-state index contributed by atoms with van der Waals surface area (Å²) in [7, 11) is 0. The molecule has 2 heteroatoms. The van der Waals surface area contributed by atoms with Gasteiger partial charge in [-0.2, -0.15) is 0 Å². The molecule has 1 saturated heterocycles. The van der Waals surface area contributed by atoms with Crippen LogP contribution >= 0.6 is 0 Å². The van der Waals surface area contributed by atoms with E-state index in [0.29, 0.717) is 5.92 Å². The minimum absolute atomic E-state index is 0.268. The first-order chi connectivity index (χ1) is 6.79. The third-order valence-corrected chi connectivity index (χ3v) is 3.12. The molecule has 0 saturated carbocycles. The molecule has 1 aliphatic rings. The van der Waals surface area contributed by atoms with Gasteiger partial charge in [0.05, 0.1) is 0 Å². The molecular weight excluding hydrogens is 172 g/mol. The number of nitrogens with two attached hydrogens (primary N) is 1. The van der Waals surface area contributed by atoms with E-state index in [-0.39, 0.29) is 6.04 Å². The van der Waals surface area contributed by atoms with E-state index < -0.39 is 0 Å². The monoisotopic (exact) mass is 190 g/mol. The summed E-state index contributed by atoms with van der Waals surface area (Å²) >= 11 is 0. The zero-order valence-corrected chi connectivity index (χ0v) is 8.66. The van der Waals surface area contributed by atoms with Crippen LogP contribution < -0.4 is 11.1 Å². The highest BCUT2D eigenvalue weighted by Gasteiger charge is 2.23. The Kier molecular flexibility index (Phi) is 2.85. The molecule has 1 heterocycles. The maximum Gasteiger partial charge on any atom is 0.0235 e. The Bertz CT molecular complexity index is 309. The van der Waals surface area contributed by atoms with E-state index in [4.69, 9.17) is 5.73 Å². The summed E-state index contributed by atoms with van der Waals surface area (Å²) in [5.41, 5.74) is 8.92. The van der Waals surface area contributed by atoms with Crippen molar-refractivity contribution in [1.82, 2.24) is 5.32 Å². The normalized spacial score (nSPS) is 27.6. The quantitative estimate of drug-likeness (QED) is 0.702. The lowest BCUT2D eigenvalue weighted by Crippen LogP contribution is -2.44. The van der Waals surface area contributed by atoms with E-state index in [1.165, 1.54) is 11.1 Å². The molecule has 0 bridgehead atoms. The van der Waals surface area contributed by atoms with E-state index in [9.17, 15) is 0 Å². The number of hydrogen-bond acceptors (Lipinski definition) is 2. The smallest absolute Gasteiger partial charge is 0.0235 e. The van der Waals surface area contributed by atoms with Gasteiger partial charge in [0.25, 0.3) is 0 Å². The van der Waals surface area contributed by atoms with Crippen molar-refractivity contribution in [3.8, 4) is 0 Å². The van der Waals surface area contributed by atoms with Gasteiger partial charge in [0.1, 0.15) is 0 Å². The molecule has 0 radical (unpaired) electrons. The largest absolute Gasteiger partial charge is 0.326 e. The van der Waals surface area contributed by atoms with Crippen LogP contribution in [-0.2, 0) is 0 Å². The van der Waals surface area contributed by atoms with Gasteiger partial charge in [0.2, 0.25) is 0 Å². The molecule has 2 unspecified atom stereocenters. The molecule has 2 rings (SSSR count). The second kappa shape index (κ2) is 4.11. The minimum atomic E-state index is 0.268. The van der Waals surface area contributed by atoms with Gasteiger partial charge in [-0.3, -0.25) is 0 Å². The van der Waals surface area contributed by atoms with Crippen molar-refractivity contribution < 1.29 is 0 Å². The molecule has 1 aromatic rings. The predicted octanol–water partition coefficient (Wildman–Crippen LogP) is 1.40. The third-order valence-electron chi connectivity index (χ3n) is 3.12. The van der Waals surface area contributed by atoms with E-state index in [2.05, 4.69) is 36.5 Å². The fourth-order valence-electron chi connectivity index (χ4n) is 2.27. The number of nitrogens with one attached hydrogen (secondary N) is 1. The maximum absolute atomic E-state index is 6.12. The summed E-state index contributed by atoms with van der Waals surface area (Å²) in [6, 6.07) is 8.85. The van der Waals surface area contributed by atoms with Crippen LogP contribution in [0.25, 0.3) is 0 Å². The average Bonchev–Trinajstić information content (AvgIpc) is 2.20. The maximum atomic E-state index is 6.12. The Labute approximate surface area is 85.5 Å². The third kappa shape index (κ3) is 1.81. The molecule has 3 N–H and O–H groups in total. The minimum Gasteiger partial charge on any atom is -0.326 e. The Morgan fingerprint density at radius 2 is 2.14 bits per heavy atom. The molecule has 1 aliphatic heterocycles. The SMILES string of the molecule is Cc1ccccc1C1CCNCC1N. The first-order valence-corrected chi connectivity index (χ1v) is 5.31. The standard InChI is InChI=1S/C12H18N2/c1-9-4-2-3-5-10(9)11-6-7-14-8-12(11)13/h2-5,11-12,14H,6-8,13H2,1H3.